The minimum Gasteiger partial charge on any atom is -0.481 e. The molecule has 1 aromatic rings. The van der Waals surface area contributed by atoms with E-state index in [1.54, 1.807) is 71.9 Å². The van der Waals surface area contributed by atoms with Gasteiger partial charge in [0, 0.05) is 12.8 Å². The molecule has 0 saturated heterocycles. The Hall–Kier alpha value is -5.06. The number of rotatable bonds is 22. The van der Waals surface area contributed by atoms with Gasteiger partial charge < -0.3 is 48.3 Å². The SMILES string of the molecule is CC(C)C[C@H](NC(=O)[C@@H](N)C(C)C)C(=O)N[C@@H](CCC(N)=O)C(=O)N[C@@H](CC(=O)O)C(=O)N[C@H](C(=O)N[C@@H](Cc1ccccc1)C(=O)O)C(C)C. The van der Waals surface area contributed by atoms with Crippen LogP contribution < -0.4 is 38.1 Å². The number of aliphatic carboxylic acids is 2. The van der Waals surface area contributed by atoms with Crippen LogP contribution in [0.4, 0.5) is 0 Å². The molecule has 284 valence electrons. The molecule has 11 N–H and O–H groups in total. The molecule has 0 unspecified atom stereocenters. The van der Waals surface area contributed by atoms with Gasteiger partial charge in [0.05, 0.1) is 12.5 Å². The smallest absolute Gasteiger partial charge is 0.326 e. The number of carboxylic acids is 2. The van der Waals surface area contributed by atoms with Crippen LogP contribution in [0.25, 0.3) is 0 Å². The standard InChI is InChI=1S/C34H53N7O10/c1-17(2)14-22(39-32(48)27(36)18(3)4)30(46)37-21(12-13-25(35)42)29(45)38-23(16-26(43)44)31(47)41-28(19(5)6)33(49)40-24(34(50)51)15-20-10-8-7-9-11-20/h7-11,17-19,21-24,27-28H,12-16,36H2,1-6H3,(H2,35,42)(H,37,46)(H,38,45)(H,39,48)(H,40,49)(H,41,47)(H,43,44)(H,50,51)/t21-,22-,23-,24-,27-,28-/m0/s1. The van der Waals surface area contributed by atoms with Gasteiger partial charge in [-0.25, -0.2) is 4.79 Å². The molecule has 6 amide bonds. The number of benzene rings is 1. The molecule has 51 heavy (non-hydrogen) atoms. The first-order valence-electron chi connectivity index (χ1n) is 16.8. The predicted octanol–water partition coefficient (Wildman–Crippen LogP) is -0.837. The van der Waals surface area contributed by atoms with Gasteiger partial charge in [-0.1, -0.05) is 71.9 Å². The first-order chi connectivity index (χ1) is 23.7. The van der Waals surface area contributed by atoms with E-state index in [0.29, 0.717) is 5.56 Å². The zero-order valence-corrected chi connectivity index (χ0v) is 29.9. The summed E-state index contributed by atoms with van der Waals surface area (Å²) in [6.07, 6.45) is -1.55. The zero-order valence-electron chi connectivity index (χ0n) is 29.9. The summed E-state index contributed by atoms with van der Waals surface area (Å²) in [4.78, 5) is 102. The van der Waals surface area contributed by atoms with Crippen molar-refractivity contribution >= 4 is 47.4 Å². The summed E-state index contributed by atoms with van der Waals surface area (Å²) in [7, 11) is 0. The fraction of sp³-hybridized carbons (Fsp3) is 0.588. The van der Waals surface area contributed by atoms with E-state index in [4.69, 9.17) is 11.5 Å². The lowest BCUT2D eigenvalue weighted by Gasteiger charge is -2.28. The molecular weight excluding hydrogens is 666 g/mol. The van der Waals surface area contributed by atoms with Gasteiger partial charge in [-0.05, 0) is 36.2 Å². The molecule has 0 fully saturated rings. The minimum atomic E-state index is -1.77. The van der Waals surface area contributed by atoms with Crippen molar-refractivity contribution in [2.45, 2.75) is 110 Å². The van der Waals surface area contributed by atoms with Crippen molar-refractivity contribution in [1.82, 2.24) is 26.6 Å². The van der Waals surface area contributed by atoms with E-state index < -0.39 is 96.0 Å². The van der Waals surface area contributed by atoms with Crippen molar-refractivity contribution in [2.75, 3.05) is 0 Å². The molecule has 0 heterocycles. The molecule has 17 nitrogen and oxygen atoms in total. The Morgan fingerprint density at radius 3 is 1.65 bits per heavy atom. The second kappa shape index (κ2) is 21.2. The van der Waals surface area contributed by atoms with Gasteiger partial charge in [-0.15, -0.1) is 0 Å². The van der Waals surface area contributed by atoms with Crippen LogP contribution in [-0.4, -0.2) is 93.8 Å². The molecule has 0 saturated carbocycles. The average Bonchev–Trinajstić information content (AvgIpc) is 3.03. The summed E-state index contributed by atoms with van der Waals surface area (Å²) in [5.74, 6) is -8.94. The summed E-state index contributed by atoms with van der Waals surface area (Å²) in [5, 5.41) is 31.4. The Labute approximate surface area is 297 Å². The van der Waals surface area contributed by atoms with Gasteiger partial charge in [-0.2, -0.15) is 0 Å². The average molecular weight is 720 g/mol. The molecule has 0 aliphatic carbocycles. The summed E-state index contributed by atoms with van der Waals surface area (Å²) in [6, 6.07) is 0.508. The first-order valence-corrected chi connectivity index (χ1v) is 16.8. The lowest BCUT2D eigenvalue weighted by atomic mass is 9.99. The fourth-order valence-electron chi connectivity index (χ4n) is 4.86. The Kier molecular flexibility index (Phi) is 18.3. The highest BCUT2D eigenvalue weighted by molar-refractivity contribution is 5.97. The maximum atomic E-state index is 13.5. The molecule has 0 aliphatic heterocycles. The summed E-state index contributed by atoms with van der Waals surface area (Å²) < 4.78 is 0. The van der Waals surface area contributed by atoms with E-state index in [1.807, 2.05) is 0 Å². The van der Waals surface area contributed by atoms with Gasteiger partial charge in [0.15, 0.2) is 0 Å². The number of hydrogen-bond donors (Lipinski definition) is 9. The van der Waals surface area contributed by atoms with E-state index in [-0.39, 0.29) is 37.5 Å². The van der Waals surface area contributed by atoms with Gasteiger partial charge >= 0.3 is 11.9 Å². The third-order valence-corrected chi connectivity index (χ3v) is 7.83. The molecule has 0 aromatic heterocycles. The van der Waals surface area contributed by atoms with Crippen molar-refractivity contribution in [3.05, 3.63) is 35.9 Å². The normalized spacial score (nSPS) is 14.7. The van der Waals surface area contributed by atoms with Crippen LogP contribution in [0.5, 0.6) is 0 Å². The van der Waals surface area contributed by atoms with E-state index >= 15 is 0 Å². The zero-order chi connectivity index (χ0) is 39.0. The van der Waals surface area contributed by atoms with Crippen LogP contribution in [0.2, 0.25) is 0 Å². The van der Waals surface area contributed by atoms with E-state index in [1.165, 1.54) is 0 Å². The minimum absolute atomic E-state index is 0.0526. The number of amides is 6. The van der Waals surface area contributed by atoms with E-state index in [9.17, 15) is 48.6 Å². The molecule has 0 aliphatic rings. The largest absolute Gasteiger partial charge is 0.481 e. The van der Waals surface area contributed by atoms with Crippen molar-refractivity contribution in [3.8, 4) is 0 Å². The van der Waals surface area contributed by atoms with E-state index in [2.05, 4.69) is 26.6 Å². The molecule has 0 spiro atoms. The van der Waals surface area contributed by atoms with E-state index in [0.717, 1.165) is 0 Å². The molecule has 1 rings (SSSR count). The number of carbonyl (C=O) groups excluding carboxylic acids is 6. The molecule has 0 radical (unpaired) electrons. The highest BCUT2D eigenvalue weighted by Crippen LogP contribution is 2.11. The number of carboxylic acid groups (broad SMARTS) is 2. The Morgan fingerprint density at radius 2 is 1.16 bits per heavy atom. The number of carbonyl (C=O) groups is 8. The third kappa shape index (κ3) is 16.0. The van der Waals surface area contributed by atoms with Crippen LogP contribution in [0, 0.1) is 17.8 Å². The van der Waals surface area contributed by atoms with Crippen molar-refractivity contribution in [2.24, 2.45) is 29.2 Å². The van der Waals surface area contributed by atoms with Gasteiger partial charge in [-0.3, -0.25) is 33.6 Å². The predicted molar refractivity (Wildman–Crippen MR) is 185 cm³/mol. The van der Waals surface area contributed by atoms with Crippen molar-refractivity contribution in [3.63, 3.8) is 0 Å². The molecule has 6 atom stereocenters. The van der Waals surface area contributed by atoms with Crippen molar-refractivity contribution < 1.29 is 48.6 Å². The van der Waals surface area contributed by atoms with Crippen LogP contribution in [0.3, 0.4) is 0 Å². The highest BCUT2D eigenvalue weighted by Gasteiger charge is 2.35. The maximum Gasteiger partial charge on any atom is 0.326 e. The number of nitrogens with two attached hydrogens (primary N) is 2. The number of hydrogen-bond acceptors (Lipinski definition) is 9. The topological polar surface area (TPSA) is 289 Å². The third-order valence-electron chi connectivity index (χ3n) is 7.83. The monoisotopic (exact) mass is 719 g/mol. The molecule has 0 bridgehead atoms. The van der Waals surface area contributed by atoms with Crippen LogP contribution in [0.15, 0.2) is 30.3 Å². The Morgan fingerprint density at radius 1 is 0.647 bits per heavy atom. The van der Waals surface area contributed by atoms with Gasteiger partial charge in [0.1, 0.15) is 30.2 Å². The molecule has 1 aromatic carbocycles. The number of nitrogens with one attached hydrogen (secondary N) is 5. The highest BCUT2D eigenvalue weighted by atomic mass is 16.4. The quantitative estimate of drug-likeness (QED) is 0.0712. The Bertz CT molecular complexity index is 1390. The second-order valence-corrected chi connectivity index (χ2v) is 13.5. The molecule has 17 heteroatoms. The van der Waals surface area contributed by atoms with Crippen LogP contribution >= 0.6 is 0 Å². The van der Waals surface area contributed by atoms with Gasteiger partial charge in [0.25, 0.3) is 0 Å². The summed E-state index contributed by atoms with van der Waals surface area (Å²) in [5.41, 5.74) is 11.8. The number of primary amides is 1. The summed E-state index contributed by atoms with van der Waals surface area (Å²) >= 11 is 0. The van der Waals surface area contributed by atoms with Crippen molar-refractivity contribution in [1.29, 1.82) is 0 Å². The summed E-state index contributed by atoms with van der Waals surface area (Å²) in [6.45, 7) is 10.2. The lowest BCUT2D eigenvalue weighted by molar-refractivity contribution is -0.143. The van der Waals surface area contributed by atoms with Crippen LogP contribution in [-0.2, 0) is 44.8 Å². The fourth-order valence-corrected chi connectivity index (χ4v) is 4.86. The lowest BCUT2D eigenvalue weighted by Crippen LogP contribution is -2.60. The molecular formula is C34H53N7O10. The second-order valence-electron chi connectivity index (χ2n) is 13.5. The maximum absolute atomic E-state index is 13.5. The van der Waals surface area contributed by atoms with Gasteiger partial charge in [0.2, 0.25) is 35.4 Å². The van der Waals surface area contributed by atoms with Crippen LogP contribution in [0.1, 0.15) is 72.8 Å². The first kappa shape index (κ1) is 44.0. The Balaban J connectivity index is 3.24.